The molecule has 0 aliphatic carbocycles. The largest absolute Gasteiger partial charge is 0.495 e. The quantitative estimate of drug-likeness (QED) is 0.601. The molecule has 150 valence electrons. The molecule has 0 bridgehead atoms. The Labute approximate surface area is 170 Å². The topological polar surface area (TPSA) is 81.7 Å². The summed E-state index contributed by atoms with van der Waals surface area (Å²) in [6, 6.07) is 21.8. The molecule has 0 spiro atoms. The lowest BCUT2D eigenvalue weighted by molar-refractivity contribution is 0.0472. The van der Waals surface area contributed by atoms with Crippen molar-refractivity contribution < 1.29 is 22.7 Å². The first-order valence-electron chi connectivity index (χ1n) is 8.87. The van der Waals surface area contributed by atoms with E-state index in [1.165, 1.54) is 32.4 Å². The minimum atomic E-state index is -3.78. The lowest BCUT2D eigenvalue weighted by atomic mass is 10.0. The van der Waals surface area contributed by atoms with Gasteiger partial charge < -0.3 is 9.47 Å². The molecule has 0 saturated heterocycles. The Morgan fingerprint density at radius 3 is 2.21 bits per heavy atom. The number of hydrogen-bond donors (Lipinski definition) is 1. The average Bonchev–Trinajstić information content (AvgIpc) is 2.78. The Kier molecular flexibility index (Phi) is 6.31. The highest BCUT2D eigenvalue weighted by Gasteiger charge is 2.20. The second-order valence-electron chi connectivity index (χ2n) is 6.21. The van der Waals surface area contributed by atoms with Crippen molar-refractivity contribution in [3.8, 4) is 16.9 Å². The first-order valence-corrected chi connectivity index (χ1v) is 10.4. The van der Waals surface area contributed by atoms with Gasteiger partial charge in [-0.05, 0) is 41.9 Å². The van der Waals surface area contributed by atoms with Crippen LogP contribution in [0.1, 0.15) is 15.9 Å². The van der Waals surface area contributed by atoms with Crippen molar-refractivity contribution in [2.24, 2.45) is 0 Å². The number of rotatable bonds is 7. The van der Waals surface area contributed by atoms with Gasteiger partial charge in [0.2, 0.25) is 10.0 Å². The predicted molar refractivity (Wildman–Crippen MR) is 110 cm³/mol. The molecule has 1 N–H and O–H groups in total. The molecule has 0 aliphatic heterocycles. The fourth-order valence-electron chi connectivity index (χ4n) is 2.78. The Morgan fingerprint density at radius 1 is 0.931 bits per heavy atom. The standard InChI is InChI=1S/C22H21NO5S/c1-23-29(25,26)21-14-19(12-13-20(21)27-2)22(24)28-15-16-8-10-18(11-9-16)17-6-4-3-5-7-17/h3-14,23H,15H2,1-2H3. The van der Waals surface area contributed by atoms with E-state index in [0.717, 1.165) is 16.7 Å². The average molecular weight is 411 g/mol. The van der Waals surface area contributed by atoms with Crippen molar-refractivity contribution >= 4 is 16.0 Å². The van der Waals surface area contributed by atoms with Crippen molar-refractivity contribution in [3.05, 3.63) is 83.9 Å². The van der Waals surface area contributed by atoms with Crippen LogP contribution in [-0.2, 0) is 21.4 Å². The maximum Gasteiger partial charge on any atom is 0.338 e. The Balaban J connectivity index is 1.72. The molecule has 3 rings (SSSR count). The number of benzene rings is 3. The number of carbonyl (C=O) groups is 1. The number of sulfonamides is 1. The van der Waals surface area contributed by atoms with E-state index in [2.05, 4.69) is 4.72 Å². The summed E-state index contributed by atoms with van der Waals surface area (Å²) < 4.78 is 36.9. The van der Waals surface area contributed by atoms with Gasteiger partial charge >= 0.3 is 5.97 Å². The molecular weight excluding hydrogens is 390 g/mol. The van der Waals surface area contributed by atoms with Crippen LogP contribution in [0.4, 0.5) is 0 Å². The number of ether oxygens (including phenoxy) is 2. The maximum atomic E-state index is 12.4. The number of carbonyl (C=O) groups excluding carboxylic acids is 1. The van der Waals surface area contributed by atoms with Crippen LogP contribution in [0.15, 0.2) is 77.7 Å². The molecule has 6 nitrogen and oxygen atoms in total. The third-order valence-electron chi connectivity index (χ3n) is 4.39. The number of methoxy groups -OCH3 is 1. The highest BCUT2D eigenvalue weighted by atomic mass is 32.2. The molecule has 3 aromatic carbocycles. The van der Waals surface area contributed by atoms with Gasteiger partial charge in [0.25, 0.3) is 0 Å². The predicted octanol–water partition coefficient (Wildman–Crippen LogP) is 3.63. The summed E-state index contributed by atoms with van der Waals surface area (Å²) in [5, 5.41) is 0. The zero-order valence-electron chi connectivity index (χ0n) is 16.1. The molecule has 0 fully saturated rings. The van der Waals surface area contributed by atoms with Crippen molar-refractivity contribution in [2.45, 2.75) is 11.5 Å². The SMILES string of the molecule is CNS(=O)(=O)c1cc(C(=O)OCc2ccc(-c3ccccc3)cc2)ccc1OC. The van der Waals surface area contributed by atoms with Crippen LogP contribution in [0.5, 0.6) is 5.75 Å². The van der Waals surface area contributed by atoms with Gasteiger partial charge in [0.15, 0.2) is 0 Å². The Morgan fingerprint density at radius 2 is 1.59 bits per heavy atom. The zero-order valence-corrected chi connectivity index (χ0v) is 16.9. The van der Waals surface area contributed by atoms with Crippen LogP contribution in [-0.4, -0.2) is 28.5 Å². The van der Waals surface area contributed by atoms with Crippen LogP contribution >= 0.6 is 0 Å². The molecule has 0 unspecified atom stereocenters. The van der Waals surface area contributed by atoms with E-state index in [0.29, 0.717) is 0 Å². The van der Waals surface area contributed by atoms with E-state index in [1.807, 2.05) is 54.6 Å². The van der Waals surface area contributed by atoms with Gasteiger partial charge in [0.05, 0.1) is 12.7 Å². The minimum Gasteiger partial charge on any atom is -0.495 e. The summed E-state index contributed by atoms with van der Waals surface area (Å²) in [7, 11) is -1.13. The molecule has 0 aliphatic rings. The van der Waals surface area contributed by atoms with Crippen molar-refractivity contribution in [1.82, 2.24) is 4.72 Å². The highest BCUT2D eigenvalue weighted by Crippen LogP contribution is 2.25. The lowest BCUT2D eigenvalue weighted by Crippen LogP contribution is -2.20. The van der Waals surface area contributed by atoms with Crippen LogP contribution in [0, 0.1) is 0 Å². The van der Waals surface area contributed by atoms with E-state index in [-0.39, 0.29) is 22.8 Å². The maximum absolute atomic E-state index is 12.4. The summed E-state index contributed by atoms with van der Waals surface area (Å²) >= 11 is 0. The van der Waals surface area contributed by atoms with Crippen molar-refractivity contribution in [2.75, 3.05) is 14.2 Å². The Bertz CT molecular complexity index is 1090. The summed E-state index contributed by atoms with van der Waals surface area (Å²) in [5.74, 6) is -0.472. The van der Waals surface area contributed by atoms with Crippen LogP contribution in [0.25, 0.3) is 11.1 Å². The van der Waals surface area contributed by atoms with Crippen LogP contribution < -0.4 is 9.46 Å². The normalized spacial score (nSPS) is 11.1. The fourth-order valence-corrected chi connectivity index (χ4v) is 3.70. The summed E-state index contributed by atoms with van der Waals surface area (Å²) in [4.78, 5) is 12.3. The zero-order chi connectivity index (χ0) is 20.9. The van der Waals surface area contributed by atoms with E-state index < -0.39 is 16.0 Å². The third-order valence-corrected chi connectivity index (χ3v) is 5.82. The molecule has 0 heterocycles. The number of esters is 1. The summed E-state index contributed by atoms with van der Waals surface area (Å²) in [6.07, 6.45) is 0. The van der Waals surface area contributed by atoms with Gasteiger partial charge in [-0.3, -0.25) is 0 Å². The minimum absolute atomic E-state index is 0.0774. The van der Waals surface area contributed by atoms with Gasteiger partial charge in [-0.2, -0.15) is 0 Å². The van der Waals surface area contributed by atoms with Gasteiger partial charge in [-0.25, -0.2) is 17.9 Å². The molecule has 3 aromatic rings. The second-order valence-corrected chi connectivity index (χ2v) is 8.07. The molecule has 0 atom stereocenters. The van der Waals surface area contributed by atoms with Crippen molar-refractivity contribution in [3.63, 3.8) is 0 Å². The molecular formula is C22H21NO5S. The molecule has 0 saturated carbocycles. The fraction of sp³-hybridized carbons (Fsp3) is 0.136. The van der Waals surface area contributed by atoms with Crippen molar-refractivity contribution in [1.29, 1.82) is 0 Å². The molecule has 7 heteroatoms. The van der Waals surface area contributed by atoms with Crippen LogP contribution in [0.3, 0.4) is 0 Å². The first kappa shape index (κ1) is 20.6. The molecule has 0 aromatic heterocycles. The van der Waals surface area contributed by atoms with E-state index in [4.69, 9.17) is 9.47 Å². The number of hydrogen-bond acceptors (Lipinski definition) is 5. The first-order chi connectivity index (χ1) is 13.9. The Hall–Kier alpha value is -3.16. The summed E-state index contributed by atoms with van der Waals surface area (Å²) in [5.41, 5.74) is 3.13. The second kappa shape index (κ2) is 8.89. The third kappa shape index (κ3) is 4.82. The van der Waals surface area contributed by atoms with Gasteiger partial charge in [-0.15, -0.1) is 0 Å². The van der Waals surface area contributed by atoms with Crippen LogP contribution in [0.2, 0.25) is 0 Å². The highest BCUT2D eigenvalue weighted by molar-refractivity contribution is 7.89. The molecule has 29 heavy (non-hydrogen) atoms. The van der Waals surface area contributed by atoms with Gasteiger partial charge in [-0.1, -0.05) is 54.6 Å². The van der Waals surface area contributed by atoms with E-state index in [1.54, 1.807) is 0 Å². The smallest absolute Gasteiger partial charge is 0.338 e. The van der Waals surface area contributed by atoms with Gasteiger partial charge in [0.1, 0.15) is 17.3 Å². The molecule has 0 radical (unpaired) electrons. The monoisotopic (exact) mass is 411 g/mol. The summed E-state index contributed by atoms with van der Waals surface area (Å²) in [6.45, 7) is 0.0774. The molecule has 0 amide bonds. The van der Waals surface area contributed by atoms with Gasteiger partial charge in [0, 0.05) is 0 Å². The lowest BCUT2D eigenvalue weighted by Gasteiger charge is -2.11. The number of nitrogens with one attached hydrogen (secondary N) is 1. The van der Waals surface area contributed by atoms with E-state index in [9.17, 15) is 13.2 Å². The van der Waals surface area contributed by atoms with E-state index >= 15 is 0 Å².